The third-order valence-electron chi connectivity index (χ3n) is 5.89. The van der Waals surface area contributed by atoms with Gasteiger partial charge in [-0.1, -0.05) is 12.1 Å². The monoisotopic (exact) mass is 513 g/mol. The van der Waals surface area contributed by atoms with Crippen LogP contribution in [0.1, 0.15) is 35.2 Å². The fraction of sp³-hybridized carbons (Fsp3) is 0.208. The van der Waals surface area contributed by atoms with Gasteiger partial charge in [-0.25, -0.2) is 19.3 Å². The Labute approximate surface area is 206 Å². The molecule has 1 aliphatic rings. The van der Waals surface area contributed by atoms with E-state index >= 15 is 0 Å². The average Bonchev–Trinajstić information content (AvgIpc) is 3.22. The van der Waals surface area contributed by atoms with Gasteiger partial charge in [-0.15, -0.1) is 5.10 Å². The predicted molar refractivity (Wildman–Crippen MR) is 122 cm³/mol. The van der Waals surface area contributed by atoms with Crippen LogP contribution in [0.15, 0.2) is 58.5 Å². The van der Waals surface area contributed by atoms with Gasteiger partial charge in [0.2, 0.25) is 5.95 Å². The second kappa shape index (κ2) is 9.30. The number of halogens is 3. The minimum atomic E-state index is -4.66. The van der Waals surface area contributed by atoms with Gasteiger partial charge in [-0.3, -0.25) is 9.69 Å². The van der Waals surface area contributed by atoms with E-state index in [0.29, 0.717) is 0 Å². The second-order valence-corrected chi connectivity index (χ2v) is 8.07. The van der Waals surface area contributed by atoms with Crippen molar-refractivity contribution in [1.82, 2.24) is 14.8 Å². The fourth-order valence-electron chi connectivity index (χ4n) is 4.34. The maximum absolute atomic E-state index is 13.4. The summed E-state index contributed by atoms with van der Waals surface area (Å²) in [6, 6.07) is 9.06. The third-order valence-corrected chi connectivity index (χ3v) is 5.89. The molecule has 0 amide bonds. The van der Waals surface area contributed by atoms with Crippen LogP contribution in [0.5, 0.6) is 0 Å². The van der Waals surface area contributed by atoms with Gasteiger partial charge in [0, 0.05) is 11.4 Å². The van der Waals surface area contributed by atoms with E-state index in [1.807, 2.05) is 6.07 Å². The lowest BCUT2D eigenvalue weighted by atomic mass is 9.89. The van der Waals surface area contributed by atoms with E-state index in [-0.39, 0.29) is 39.6 Å². The normalized spacial score (nSPS) is 15.2. The molecule has 4 rings (SSSR count). The van der Waals surface area contributed by atoms with Crippen molar-refractivity contribution in [3.63, 3.8) is 0 Å². The third kappa shape index (κ3) is 4.44. The number of alkyl halides is 3. The first-order valence-corrected chi connectivity index (χ1v) is 10.7. The lowest BCUT2D eigenvalue weighted by Crippen LogP contribution is -2.38. The molecule has 0 saturated carbocycles. The number of fused-ring (bicyclic) bond motifs is 1. The molecule has 2 N–H and O–H groups in total. The molecule has 1 aromatic heterocycles. The van der Waals surface area contributed by atoms with Gasteiger partial charge in [0.25, 0.3) is 0 Å². The Morgan fingerprint density at radius 1 is 1.24 bits per heavy atom. The van der Waals surface area contributed by atoms with Crippen molar-refractivity contribution in [2.24, 2.45) is 0 Å². The quantitative estimate of drug-likeness (QED) is 0.495. The van der Waals surface area contributed by atoms with E-state index in [9.17, 15) is 37.9 Å². The number of esters is 1. The second-order valence-electron chi connectivity index (χ2n) is 8.07. The molecule has 2 aromatic carbocycles. The summed E-state index contributed by atoms with van der Waals surface area (Å²) in [6.07, 6.45) is -5.19. The molecule has 0 spiro atoms. The van der Waals surface area contributed by atoms with Gasteiger partial charge in [0.05, 0.1) is 36.3 Å². The molecule has 0 aliphatic carbocycles. The van der Waals surface area contributed by atoms with Crippen molar-refractivity contribution in [3.8, 4) is 6.07 Å². The van der Waals surface area contributed by atoms with E-state index in [4.69, 9.17) is 4.74 Å². The molecule has 1 aliphatic heterocycles. The first-order chi connectivity index (χ1) is 17.5. The van der Waals surface area contributed by atoms with Crippen molar-refractivity contribution < 1.29 is 32.6 Å². The van der Waals surface area contributed by atoms with Crippen molar-refractivity contribution in [3.05, 3.63) is 86.5 Å². The summed E-state index contributed by atoms with van der Waals surface area (Å²) in [4.78, 5) is 38.8. The molecular weight excluding hydrogens is 495 g/mol. The Morgan fingerprint density at radius 2 is 1.97 bits per heavy atom. The SMILES string of the molecule is COC(=O)C1=C(C)N(c2cccc(C(F)(F)F)c2)c2n[nH]c(=O)n2[C@@H]1c1ccc(C#N)cc1CC(=O)O. The molecule has 190 valence electrons. The number of carboxylic acids is 1. The molecule has 13 heteroatoms. The average molecular weight is 513 g/mol. The number of allylic oxidation sites excluding steroid dienone is 1. The predicted octanol–water partition coefficient (Wildman–Crippen LogP) is 3.28. The maximum Gasteiger partial charge on any atom is 0.416 e. The number of hydrogen-bond donors (Lipinski definition) is 2. The van der Waals surface area contributed by atoms with Gasteiger partial charge in [0.15, 0.2) is 0 Å². The number of aromatic amines is 1. The Kier molecular flexibility index (Phi) is 6.35. The zero-order chi connectivity index (χ0) is 27.1. The molecule has 0 bridgehead atoms. The van der Waals surface area contributed by atoms with Crippen LogP contribution in [0.2, 0.25) is 0 Å². The van der Waals surface area contributed by atoms with Crippen LogP contribution in [0.3, 0.4) is 0 Å². The van der Waals surface area contributed by atoms with Gasteiger partial charge in [-0.05, 0) is 48.4 Å². The van der Waals surface area contributed by atoms with E-state index in [1.54, 1.807) is 0 Å². The number of nitrogens with zero attached hydrogens (tertiary/aromatic N) is 4. The number of nitrogens with one attached hydrogen (secondary N) is 1. The van der Waals surface area contributed by atoms with Crippen LogP contribution in [0, 0.1) is 11.3 Å². The first-order valence-electron chi connectivity index (χ1n) is 10.7. The number of methoxy groups -OCH3 is 1. The Morgan fingerprint density at radius 3 is 2.59 bits per heavy atom. The zero-order valence-corrected chi connectivity index (χ0v) is 19.3. The number of nitriles is 1. The van der Waals surface area contributed by atoms with Crippen LogP contribution in [-0.2, 0) is 26.9 Å². The van der Waals surface area contributed by atoms with Crippen LogP contribution >= 0.6 is 0 Å². The number of aliphatic carboxylic acids is 1. The molecule has 0 saturated heterocycles. The summed E-state index contributed by atoms with van der Waals surface area (Å²) in [6.45, 7) is 1.45. The summed E-state index contributed by atoms with van der Waals surface area (Å²) >= 11 is 0. The molecular formula is C24H18F3N5O5. The topological polar surface area (TPSA) is 141 Å². The Hall–Kier alpha value is -4.86. The molecule has 3 aromatic rings. The zero-order valence-electron chi connectivity index (χ0n) is 19.3. The first kappa shape index (κ1) is 25.2. The highest BCUT2D eigenvalue weighted by Crippen LogP contribution is 2.43. The van der Waals surface area contributed by atoms with Gasteiger partial charge in [-0.2, -0.15) is 18.4 Å². The van der Waals surface area contributed by atoms with E-state index in [0.717, 1.165) is 23.8 Å². The standard InChI is InChI=1S/C24H18F3N5O5/c1-12-19(21(35)37-2)20(17-7-6-13(11-28)8-14(17)9-18(33)34)32-22(29-30-23(32)36)31(12)16-5-3-4-15(10-16)24(25,26)27/h3-8,10,20H,9H2,1-2H3,(H,30,36)(H,33,34)/t20-/m1/s1. The van der Waals surface area contributed by atoms with Crippen molar-refractivity contribution in [2.45, 2.75) is 25.6 Å². The van der Waals surface area contributed by atoms with Crippen molar-refractivity contribution >= 4 is 23.6 Å². The molecule has 0 radical (unpaired) electrons. The molecule has 1 atom stereocenters. The number of rotatable bonds is 5. The summed E-state index contributed by atoms with van der Waals surface area (Å²) < 4.78 is 46.3. The van der Waals surface area contributed by atoms with Gasteiger partial charge >= 0.3 is 23.8 Å². The van der Waals surface area contributed by atoms with Crippen LogP contribution in [0.25, 0.3) is 0 Å². The highest BCUT2D eigenvalue weighted by molar-refractivity contribution is 5.93. The number of ether oxygens (including phenoxy) is 1. The number of carbonyl (C=O) groups excluding carboxylic acids is 1. The minimum Gasteiger partial charge on any atom is -0.481 e. The van der Waals surface area contributed by atoms with Crippen molar-refractivity contribution in [2.75, 3.05) is 12.0 Å². The minimum absolute atomic E-state index is 0.0296. The van der Waals surface area contributed by atoms with Crippen LogP contribution in [-0.4, -0.2) is 38.9 Å². The molecule has 10 nitrogen and oxygen atoms in total. The molecule has 37 heavy (non-hydrogen) atoms. The lowest BCUT2D eigenvalue weighted by molar-refractivity contribution is -0.138. The highest BCUT2D eigenvalue weighted by Gasteiger charge is 2.41. The van der Waals surface area contributed by atoms with Crippen molar-refractivity contribution in [1.29, 1.82) is 5.26 Å². The number of hydrogen-bond acceptors (Lipinski definition) is 7. The lowest BCUT2D eigenvalue weighted by Gasteiger charge is -2.36. The molecule has 2 heterocycles. The summed E-state index contributed by atoms with van der Waals surface area (Å²) in [7, 11) is 1.10. The molecule has 0 fully saturated rings. The Bertz CT molecular complexity index is 1550. The van der Waals surface area contributed by atoms with Crippen LogP contribution in [0.4, 0.5) is 24.8 Å². The number of aromatic nitrogens is 3. The smallest absolute Gasteiger partial charge is 0.416 e. The number of carbonyl (C=O) groups is 2. The van der Waals surface area contributed by atoms with Crippen LogP contribution < -0.4 is 10.6 Å². The number of H-pyrrole nitrogens is 1. The maximum atomic E-state index is 13.4. The van der Waals surface area contributed by atoms with E-state index < -0.39 is 41.8 Å². The summed E-state index contributed by atoms with van der Waals surface area (Å²) in [5, 5.41) is 25.0. The van der Waals surface area contributed by atoms with Gasteiger partial charge < -0.3 is 9.84 Å². The fourth-order valence-corrected chi connectivity index (χ4v) is 4.34. The van der Waals surface area contributed by atoms with E-state index in [2.05, 4.69) is 10.2 Å². The number of anilines is 2. The number of benzene rings is 2. The van der Waals surface area contributed by atoms with E-state index in [1.165, 1.54) is 42.2 Å². The number of carboxylic acid groups (broad SMARTS) is 1. The largest absolute Gasteiger partial charge is 0.481 e. The highest BCUT2D eigenvalue weighted by atomic mass is 19.4. The Balaban J connectivity index is 2.04. The summed E-state index contributed by atoms with van der Waals surface area (Å²) in [5.41, 5.74) is -1.32. The molecule has 0 unspecified atom stereocenters. The summed E-state index contributed by atoms with van der Waals surface area (Å²) in [5.74, 6) is -2.26. The van der Waals surface area contributed by atoms with Gasteiger partial charge in [0.1, 0.15) is 6.04 Å².